The largest absolute Gasteiger partial charge is 0.331 e. The molecule has 0 aromatic carbocycles. The summed E-state index contributed by atoms with van der Waals surface area (Å²) in [5, 5.41) is 3.39. The molecule has 1 aromatic heterocycles. The van der Waals surface area contributed by atoms with Gasteiger partial charge in [0.2, 0.25) is 0 Å². The molecule has 1 saturated heterocycles. The molecule has 0 amide bonds. The number of hydrogen-bond acceptors (Lipinski definition) is 3. The molecule has 4 nitrogen and oxygen atoms in total. The van der Waals surface area contributed by atoms with Crippen molar-refractivity contribution >= 4 is 0 Å². The third-order valence-corrected chi connectivity index (χ3v) is 4.39. The summed E-state index contributed by atoms with van der Waals surface area (Å²) in [5.74, 6) is 0. The van der Waals surface area contributed by atoms with Crippen molar-refractivity contribution < 1.29 is 0 Å². The fourth-order valence-corrected chi connectivity index (χ4v) is 3.09. The third-order valence-electron chi connectivity index (χ3n) is 4.39. The van der Waals surface area contributed by atoms with Crippen molar-refractivity contribution in [2.75, 3.05) is 20.1 Å². The Bertz CT molecular complexity index is 398. The van der Waals surface area contributed by atoms with Gasteiger partial charge in [0, 0.05) is 43.8 Å². The van der Waals surface area contributed by atoms with Crippen molar-refractivity contribution in [3.05, 3.63) is 17.7 Å². The molecule has 2 unspecified atom stereocenters. The minimum absolute atomic E-state index is 0.663. The van der Waals surface area contributed by atoms with Gasteiger partial charge >= 0.3 is 0 Å². The summed E-state index contributed by atoms with van der Waals surface area (Å²) in [6.07, 6.45) is 5.72. The zero-order valence-electron chi connectivity index (χ0n) is 10.8. The number of fused-ring (bicyclic) bond motifs is 1. The Labute approximate surface area is 103 Å². The monoisotopic (exact) mass is 234 g/mol. The average Bonchev–Trinajstić information content (AvgIpc) is 2.76. The van der Waals surface area contributed by atoms with Gasteiger partial charge in [-0.2, -0.15) is 0 Å². The van der Waals surface area contributed by atoms with E-state index in [0.717, 1.165) is 19.5 Å². The van der Waals surface area contributed by atoms with E-state index in [2.05, 4.69) is 40.1 Å². The lowest BCUT2D eigenvalue weighted by Crippen LogP contribution is -2.39. The van der Waals surface area contributed by atoms with E-state index in [1.165, 1.54) is 30.8 Å². The van der Waals surface area contributed by atoms with Crippen molar-refractivity contribution in [3.8, 4) is 0 Å². The molecule has 0 saturated carbocycles. The molecule has 1 aromatic rings. The molecular formula is C13H22N4. The van der Waals surface area contributed by atoms with Gasteiger partial charge in [0.25, 0.3) is 0 Å². The van der Waals surface area contributed by atoms with Gasteiger partial charge in [0.1, 0.15) is 0 Å². The first-order valence-electron chi connectivity index (χ1n) is 6.71. The molecule has 1 fully saturated rings. The van der Waals surface area contributed by atoms with Crippen LogP contribution in [0.4, 0.5) is 0 Å². The topological polar surface area (TPSA) is 33.1 Å². The number of nitrogens with zero attached hydrogens (tertiary/aromatic N) is 3. The van der Waals surface area contributed by atoms with Crippen LogP contribution in [0.5, 0.6) is 0 Å². The molecule has 0 bridgehead atoms. The van der Waals surface area contributed by atoms with Crippen LogP contribution in [0.2, 0.25) is 0 Å². The highest BCUT2D eigenvalue weighted by atomic mass is 15.2. The van der Waals surface area contributed by atoms with Gasteiger partial charge in [-0.1, -0.05) is 0 Å². The van der Waals surface area contributed by atoms with Crippen LogP contribution in [0.25, 0.3) is 0 Å². The van der Waals surface area contributed by atoms with Crippen LogP contribution in [-0.4, -0.2) is 40.6 Å². The normalized spacial score (nSPS) is 30.2. The van der Waals surface area contributed by atoms with Gasteiger partial charge in [-0.05, 0) is 26.8 Å². The summed E-state index contributed by atoms with van der Waals surface area (Å²) in [5.41, 5.74) is 2.74. The predicted octanol–water partition coefficient (Wildman–Crippen LogP) is 1.18. The van der Waals surface area contributed by atoms with Crippen molar-refractivity contribution in [2.24, 2.45) is 0 Å². The number of aromatic nitrogens is 2. The zero-order valence-corrected chi connectivity index (χ0v) is 10.8. The second-order valence-corrected chi connectivity index (χ2v) is 5.48. The molecule has 3 heterocycles. The molecule has 2 aliphatic heterocycles. The minimum Gasteiger partial charge on any atom is -0.331 e. The maximum Gasteiger partial charge on any atom is 0.0954 e. The van der Waals surface area contributed by atoms with Gasteiger partial charge in [-0.15, -0.1) is 0 Å². The van der Waals surface area contributed by atoms with Crippen LogP contribution in [0.15, 0.2) is 6.33 Å². The molecule has 0 spiro atoms. The SMILES string of the molecule is CC1CC(n2cnc3c2CCNC3)CCN1C. The fraction of sp³-hybridized carbons (Fsp3) is 0.769. The molecule has 2 atom stereocenters. The Morgan fingerprint density at radius 2 is 2.35 bits per heavy atom. The first-order chi connectivity index (χ1) is 8.25. The van der Waals surface area contributed by atoms with E-state index in [4.69, 9.17) is 0 Å². The van der Waals surface area contributed by atoms with Crippen LogP contribution in [0.3, 0.4) is 0 Å². The molecule has 94 valence electrons. The zero-order chi connectivity index (χ0) is 11.8. The highest BCUT2D eigenvalue weighted by Gasteiger charge is 2.26. The fourth-order valence-electron chi connectivity index (χ4n) is 3.09. The Hall–Kier alpha value is -0.870. The molecule has 1 N–H and O–H groups in total. The summed E-state index contributed by atoms with van der Waals surface area (Å²) in [4.78, 5) is 7.02. The van der Waals surface area contributed by atoms with Crippen molar-refractivity contribution in [1.82, 2.24) is 19.8 Å². The van der Waals surface area contributed by atoms with E-state index in [0.29, 0.717) is 12.1 Å². The average molecular weight is 234 g/mol. The predicted molar refractivity (Wildman–Crippen MR) is 68.0 cm³/mol. The van der Waals surface area contributed by atoms with Gasteiger partial charge in [-0.25, -0.2) is 4.98 Å². The quantitative estimate of drug-likeness (QED) is 0.792. The number of imidazole rings is 1. The minimum atomic E-state index is 0.663. The molecule has 2 aliphatic rings. The van der Waals surface area contributed by atoms with Crippen molar-refractivity contribution in [3.63, 3.8) is 0 Å². The lowest BCUT2D eigenvalue weighted by molar-refractivity contribution is 0.155. The summed E-state index contributed by atoms with van der Waals surface area (Å²) in [6, 6.07) is 1.35. The van der Waals surface area contributed by atoms with Crippen LogP contribution < -0.4 is 5.32 Å². The molecule has 0 aliphatic carbocycles. The maximum atomic E-state index is 4.56. The summed E-state index contributed by atoms with van der Waals surface area (Å²) < 4.78 is 2.46. The number of piperidine rings is 1. The molecule has 3 rings (SSSR count). The van der Waals surface area contributed by atoms with Crippen molar-refractivity contribution in [2.45, 2.75) is 44.8 Å². The van der Waals surface area contributed by atoms with E-state index < -0.39 is 0 Å². The Morgan fingerprint density at radius 3 is 3.18 bits per heavy atom. The standard InChI is InChI=1S/C13H22N4/c1-10-7-11(4-6-16(10)2)17-9-15-12-8-14-5-3-13(12)17/h9-11,14H,3-8H2,1-2H3. The summed E-state index contributed by atoms with van der Waals surface area (Å²) in [7, 11) is 2.23. The third kappa shape index (κ3) is 2.00. The van der Waals surface area contributed by atoms with Gasteiger partial charge in [0.05, 0.1) is 12.0 Å². The van der Waals surface area contributed by atoms with Crippen molar-refractivity contribution in [1.29, 1.82) is 0 Å². The number of hydrogen-bond donors (Lipinski definition) is 1. The maximum absolute atomic E-state index is 4.56. The Balaban J connectivity index is 1.82. The van der Waals surface area contributed by atoms with Crippen LogP contribution >= 0.6 is 0 Å². The lowest BCUT2D eigenvalue weighted by Gasteiger charge is -2.36. The van der Waals surface area contributed by atoms with Crippen LogP contribution in [0.1, 0.15) is 37.2 Å². The van der Waals surface area contributed by atoms with E-state index in [-0.39, 0.29) is 0 Å². The highest BCUT2D eigenvalue weighted by Crippen LogP contribution is 2.28. The summed E-state index contributed by atoms with van der Waals surface area (Å²) >= 11 is 0. The first-order valence-corrected chi connectivity index (χ1v) is 6.71. The number of likely N-dealkylation sites (tertiary alicyclic amines) is 1. The van der Waals surface area contributed by atoms with Crippen LogP contribution in [0, 0.1) is 0 Å². The van der Waals surface area contributed by atoms with E-state index in [1.54, 1.807) is 0 Å². The van der Waals surface area contributed by atoms with E-state index in [1.807, 2.05) is 0 Å². The lowest BCUT2D eigenvalue weighted by atomic mass is 9.98. The highest BCUT2D eigenvalue weighted by molar-refractivity contribution is 5.17. The van der Waals surface area contributed by atoms with Gasteiger partial charge < -0.3 is 14.8 Å². The number of nitrogens with one attached hydrogen (secondary N) is 1. The Kier molecular flexibility index (Phi) is 2.92. The van der Waals surface area contributed by atoms with Gasteiger partial charge in [-0.3, -0.25) is 0 Å². The second-order valence-electron chi connectivity index (χ2n) is 5.48. The second kappa shape index (κ2) is 4.42. The number of rotatable bonds is 1. The Morgan fingerprint density at radius 1 is 1.47 bits per heavy atom. The van der Waals surface area contributed by atoms with E-state index >= 15 is 0 Å². The van der Waals surface area contributed by atoms with E-state index in [9.17, 15) is 0 Å². The molecular weight excluding hydrogens is 212 g/mol. The van der Waals surface area contributed by atoms with Gasteiger partial charge in [0.15, 0.2) is 0 Å². The molecule has 0 radical (unpaired) electrons. The molecule has 4 heteroatoms. The summed E-state index contributed by atoms with van der Waals surface area (Å²) in [6.45, 7) is 5.58. The van der Waals surface area contributed by atoms with Crippen LogP contribution in [-0.2, 0) is 13.0 Å². The molecule has 17 heavy (non-hydrogen) atoms. The first kappa shape index (κ1) is 11.2. The smallest absolute Gasteiger partial charge is 0.0954 e.